The van der Waals surface area contributed by atoms with Crippen molar-refractivity contribution in [2.45, 2.75) is 56.0 Å². The zero-order valence-corrected chi connectivity index (χ0v) is 22.5. The highest BCUT2D eigenvalue weighted by molar-refractivity contribution is 7.92. The second-order valence-electron chi connectivity index (χ2n) is 9.61. The third kappa shape index (κ3) is 5.60. The first-order chi connectivity index (χ1) is 18.2. The molecule has 0 saturated heterocycles. The van der Waals surface area contributed by atoms with Crippen molar-refractivity contribution in [3.05, 3.63) is 77.2 Å². The highest BCUT2D eigenvalue weighted by Gasteiger charge is 2.21. The average molecular weight is 554 g/mol. The quantitative estimate of drug-likeness (QED) is 0.254. The fourth-order valence-corrected chi connectivity index (χ4v) is 6.40. The minimum atomic E-state index is -4.05. The maximum atomic E-state index is 15.1. The third-order valence-corrected chi connectivity index (χ3v) is 8.79. The molecule has 0 aliphatic heterocycles. The molecule has 7 nitrogen and oxygen atoms in total. The molecule has 1 heterocycles. The standard InChI is InChI=1S/C28H29ClFN5O2S/c1-2-17-13-19(14-20-16-32-28(34-27(17)20)33-22-10-8-21(31)9-11-22)18-7-12-25(24(30)15-18)35-38(36,37)26-6-4-3-5-23(26)29/h3-7,12-16,21-22,35H,2,8-11,31H2,1H3,(H,32,33,34)/t21-,22-. The molecule has 1 aliphatic carbocycles. The van der Waals surface area contributed by atoms with Gasteiger partial charge in [0.2, 0.25) is 5.95 Å². The van der Waals surface area contributed by atoms with Crippen molar-refractivity contribution in [2.75, 3.05) is 10.0 Å². The molecule has 198 valence electrons. The molecule has 5 rings (SSSR count). The number of nitrogens with two attached hydrogens (primary N) is 1. The van der Waals surface area contributed by atoms with Crippen LogP contribution in [0, 0.1) is 5.82 Å². The maximum absolute atomic E-state index is 15.1. The van der Waals surface area contributed by atoms with Gasteiger partial charge in [-0.2, -0.15) is 0 Å². The lowest BCUT2D eigenvalue weighted by molar-refractivity contribution is 0.410. The van der Waals surface area contributed by atoms with Crippen LogP contribution in [0.15, 0.2) is 65.7 Å². The van der Waals surface area contributed by atoms with Gasteiger partial charge in [-0.05, 0) is 85.2 Å². The Bertz CT molecular complexity index is 1590. The van der Waals surface area contributed by atoms with Gasteiger partial charge in [0.15, 0.2) is 0 Å². The summed E-state index contributed by atoms with van der Waals surface area (Å²) in [4.78, 5) is 9.19. The SMILES string of the molecule is CCc1cc(-c2ccc(NS(=O)(=O)c3ccccc3Cl)c(F)c2)cc2cnc(N[C@H]3CC[C@H](N)CC3)nc12. The van der Waals surface area contributed by atoms with E-state index in [1.165, 1.54) is 24.3 Å². The van der Waals surface area contributed by atoms with Gasteiger partial charge in [0.1, 0.15) is 10.7 Å². The van der Waals surface area contributed by atoms with Crippen LogP contribution in [0.2, 0.25) is 5.02 Å². The van der Waals surface area contributed by atoms with Gasteiger partial charge in [0.25, 0.3) is 10.0 Å². The number of halogens is 2. The number of aryl methyl sites for hydroxylation is 1. The third-order valence-electron chi connectivity index (χ3n) is 6.92. The van der Waals surface area contributed by atoms with Crippen LogP contribution >= 0.6 is 11.6 Å². The van der Waals surface area contributed by atoms with E-state index in [1.54, 1.807) is 24.4 Å². The lowest BCUT2D eigenvalue weighted by Crippen LogP contribution is -2.33. The Hall–Kier alpha value is -3.27. The van der Waals surface area contributed by atoms with Gasteiger partial charge in [-0.25, -0.2) is 22.8 Å². The molecule has 0 radical (unpaired) electrons. The van der Waals surface area contributed by atoms with Crippen LogP contribution < -0.4 is 15.8 Å². The zero-order chi connectivity index (χ0) is 26.9. The topological polar surface area (TPSA) is 110 Å². The summed E-state index contributed by atoms with van der Waals surface area (Å²) in [5.41, 5.74) is 9.13. The lowest BCUT2D eigenvalue weighted by atomic mass is 9.92. The fourth-order valence-electron chi connectivity index (χ4n) is 4.81. The van der Waals surface area contributed by atoms with E-state index in [4.69, 9.17) is 22.3 Å². The van der Waals surface area contributed by atoms with Crippen molar-refractivity contribution in [1.29, 1.82) is 0 Å². The molecule has 4 N–H and O–H groups in total. The summed E-state index contributed by atoms with van der Waals surface area (Å²) < 4.78 is 42.9. The molecule has 1 aromatic heterocycles. The van der Waals surface area contributed by atoms with Crippen molar-refractivity contribution in [3.8, 4) is 11.1 Å². The Kier molecular flexibility index (Phi) is 7.52. The number of nitrogens with zero attached hydrogens (tertiary/aromatic N) is 2. The summed E-state index contributed by atoms with van der Waals surface area (Å²) in [5, 5.41) is 4.35. The van der Waals surface area contributed by atoms with Crippen LogP contribution in [0.1, 0.15) is 38.2 Å². The number of benzene rings is 3. The van der Waals surface area contributed by atoms with Gasteiger partial charge < -0.3 is 11.1 Å². The number of aromatic nitrogens is 2. The molecule has 0 atom stereocenters. The molecular weight excluding hydrogens is 525 g/mol. The van der Waals surface area contributed by atoms with Gasteiger partial charge in [0, 0.05) is 23.7 Å². The molecule has 38 heavy (non-hydrogen) atoms. The molecule has 1 fully saturated rings. The van der Waals surface area contributed by atoms with Gasteiger partial charge in [-0.3, -0.25) is 4.72 Å². The number of anilines is 2. The van der Waals surface area contributed by atoms with E-state index < -0.39 is 15.8 Å². The van der Waals surface area contributed by atoms with Crippen LogP contribution in [0.3, 0.4) is 0 Å². The largest absolute Gasteiger partial charge is 0.351 e. The average Bonchev–Trinajstić information content (AvgIpc) is 2.90. The Labute approximate surface area is 226 Å². The predicted molar refractivity (Wildman–Crippen MR) is 150 cm³/mol. The predicted octanol–water partition coefficient (Wildman–Crippen LogP) is 6.13. The molecule has 10 heteroatoms. The number of hydrogen-bond acceptors (Lipinski definition) is 6. The minimum absolute atomic E-state index is 0.0591. The van der Waals surface area contributed by atoms with E-state index >= 15 is 4.39 Å². The van der Waals surface area contributed by atoms with Gasteiger partial charge in [-0.15, -0.1) is 0 Å². The molecule has 1 aliphatic rings. The van der Waals surface area contributed by atoms with Crippen LogP contribution in [0.4, 0.5) is 16.0 Å². The Morgan fingerprint density at radius 1 is 1.05 bits per heavy atom. The summed E-state index contributed by atoms with van der Waals surface area (Å²) in [6, 6.07) is 14.9. The zero-order valence-electron chi connectivity index (χ0n) is 20.9. The van der Waals surface area contributed by atoms with Crippen molar-refractivity contribution in [2.24, 2.45) is 5.73 Å². The van der Waals surface area contributed by atoms with E-state index in [0.717, 1.165) is 54.1 Å². The maximum Gasteiger partial charge on any atom is 0.263 e. The van der Waals surface area contributed by atoms with Crippen LogP contribution in [0.5, 0.6) is 0 Å². The number of hydrogen-bond donors (Lipinski definition) is 3. The Balaban J connectivity index is 1.41. The van der Waals surface area contributed by atoms with E-state index in [1.807, 2.05) is 19.1 Å². The summed E-state index contributed by atoms with van der Waals surface area (Å²) in [5.74, 6) is -0.0964. The second-order valence-corrected chi connectivity index (χ2v) is 11.7. The summed E-state index contributed by atoms with van der Waals surface area (Å²) >= 11 is 6.03. The molecular formula is C28H29ClFN5O2S. The first kappa shape index (κ1) is 26.3. The van der Waals surface area contributed by atoms with Gasteiger partial charge in [0.05, 0.1) is 16.2 Å². The minimum Gasteiger partial charge on any atom is -0.351 e. The molecule has 0 amide bonds. The van der Waals surface area contributed by atoms with Crippen LogP contribution in [-0.4, -0.2) is 30.5 Å². The van der Waals surface area contributed by atoms with Crippen LogP contribution in [-0.2, 0) is 16.4 Å². The molecule has 0 unspecified atom stereocenters. The van der Waals surface area contributed by atoms with E-state index in [-0.39, 0.29) is 21.6 Å². The van der Waals surface area contributed by atoms with Crippen molar-refractivity contribution in [3.63, 3.8) is 0 Å². The lowest BCUT2D eigenvalue weighted by Gasteiger charge is -2.26. The van der Waals surface area contributed by atoms with Crippen molar-refractivity contribution >= 4 is 44.2 Å². The first-order valence-corrected chi connectivity index (χ1v) is 14.5. The summed E-state index contributed by atoms with van der Waals surface area (Å²) in [7, 11) is -4.05. The number of nitrogens with one attached hydrogen (secondary N) is 2. The smallest absolute Gasteiger partial charge is 0.263 e. The van der Waals surface area contributed by atoms with E-state index in [9.17, 15) is 8.42 Å². The molecule has 0 spiro atoms. The second kappa shape index (κ2) is 10.8. The molecule has 4 aromatic rings. The molecule has 0 bridgehead atoms. The van der Waals surface area contributed by atoms with Crippen molar-refractivity contribution in [1.82, 2.24) is 9.97 Å². The Morgan fingerprint density at radius 2 is 1.82 bits per heavy atom. The number of rotatable bonds is 7. The van der Waals surface area contributed by atoms with Crippen LogP contribution in [0.25, 0.3) is 22.0 Å². The fraction of sp³-hybridized carbons (Fsp3) is 0.286. The van der Waals surface area contributed by atoms with Gasteiger partial charge in [-0.1, -0.05) is 36.7 Å². The van der Waals surface area contributed by atoms with Gasteiger partial charge >= 0.3 is 0 Å². The number of fused-ring (bicyclic) bond motifs is 1. The highest BCUT2D eigenvalue weighted by Crippen LogP contribution is 2.31. The summed E-state index contributed by atoms with van der Waals surface area (Å²) in [6.45, 7) is 2.05. The normalized spacial score (nSPS) is 17.9. The van der Waals surface area contributed by atoms with E-state index in [2.05, 4.69) is 15.0 Å². The number of sulfonamides is 1. The monoisotopic (exact) mass is 553 g/mol. The van der Waals surface area contributed by atoms with E-state index in [0.29, 0.717) is 17.6 Å². The van der Waals surface area contributed by atoms with Crippen molar-refractivity contribution < 1.29 is 12.8 Å². The molecule has 3 aromatic carbocycles. The molecule has 1 saturated carbocycles. The first-order valence-electron chi connectivity index (χ1n) is 12.6. The highest BCUT2D eigenvalue weighted by atomic mass is 35.5. The summed E-state index contributed by atoms with van der Waals surface area (Å²) in [6.07, 6.45) is 6.50. The Morgan fingerprint density at radius 3 is 2.53 bits per heavy atom.